The Labute approximate surface area is 67.6 Å². The lowest BCUT2D eigenvalue weighted by molar-refractivity contribution is 0.0696. The first-order valence-corrected chi connectivity index (χ1v) is 4.06. The van der Waals surface area contributed by atoms with E-state index in [-0.39, 0.29) is 5.56 Å². The minimum atomic E-state index is -0.977. The zero-order chi connectivity index (χ0) is 8.27. The summed E-state index contributed by atoms with van der Waals surface area (Å²) >= 11 is 1.36. The minimum absolute atomic E-state index is 0.171. The number of aromatic carboxylic acids is 1. The van der Waals surface area contributed by atoms with Gasteiger partial charge in [-0.3, -0.25) is 0 Å². The zero-order valence-corrected chi connectivity index (χ0v) is 6.63. The molecule has 58 valence electrons. The highest BCUT2D eigenvalue weighted by Crippen LogP contribution is 2.10. The molecular weight excluding hydrogens is 164 g/mol. The summed E-state index contributed by atoms with van der Waals surface area (Å²) in [5.74, 6) is -0.977. The van der Waals surface area contributed by atoms with E-state index in [0.29, 0.717) is 5.03 Å². The van der Waals surface area contributed by atoms with Crippen LogP contribution in [0.15, 0.2) is 17.3 Å². The quantitative estimate of drug-likeness (QED) is 0.668. The molecule has 1 heterocycles. The third kappa shape index (κ3) is 1.91. The van der Waals surface area contributed by atoms with Crippen LogP contribution in [0.25, 0.3) is 0 Å². The summed E-state index contributed by atoms with van der Waals surface area (Å²) in [6, 6.07) is 1.49. The van der Waals surface area contributed by atoms with E-state index in [1.165, 1.54) is 24.0 Å². The van der Waals surface area contributed by atoms with Crippen molar-refractivity contribution in [3.8, 4) is 0 Å². The van der Waals surface area contributed by atoms with E-state index in [4.69, 9.17) is 5.11 Å². The Hall–Kier alpha value is -1.10. The molecule has 1 N–H and O–H groups in total. The summed E-state index contributed by atoms with van der Waals surface area (Å²) in [4.78, 5) is 10.4. The van der Waals surface area contributed by atoms with Crippen molar-refractivity contribution in [3.05, 3.63) is 17.8 Å². The van der Waals surface area contributed by atoms with Crippen LogP contribution in [0.5, 0.6) is 0 Å². The van der Waals surface area contributed by atoms with E-state index in [0.717, 1.165) is 0 Å². The topological polar surface area (TPSA) is 63.1 Å². The Bertz CT molecular complexity index is 277. The lowest BCUT2D eigenvalue weighted by Gasteiger charge is -1.94. The van der Waals surface area contributed by atoms with Crippen molar-refractivity contribution in [2.45, 2.75) is 5.03 Å². The van der Waals surface area contributed by atoms with Gasteiger partial charge in [0, 0.05) is 0 Å². The Balaban J connectivity index is 3.01. The van der Waals surface area contributed by atoms with Crippen molar-refractivity contribution in [2.24, 2.45) is 0 Å². The summed E-state index contributed by atoms with van der Waals surface area (Å²) in [5, 5.41) is 16.4. The van der Waals surface area contributed by atoms with Gasteiger partial charge in [-0.15, -0.1) is 16.9 Å². The van der Waals surface area contributed by atoms with E-state index in [1.807, 2.05) is 6.26 Å². The molecule has 0 saturated heterocycles. The van der Waals surface area contributed by atoms with Gasteiger partial charge in [-0.25, -0.2) is 4.79 Å². The molecule has 0 aliphatic rings. The second kappa shape index (κ2) is 3.34. The van der Waals surface area contributed by atoms with E-state index < -0.39 is 5.97 Å². The van der Waals surface area contributed by atoms with E-state index >= 15 is 0 Å². The van der Waals surface area contributed by atoms with Crippen LogP contribution >= 0.6 is 11.8 Å². The normalized spacial score (nSPS) is 9.55. The highest BCUT2D eigenvalue weighted by molar-refractivity contribution is 7.98. The lowest BCUT2D eigenvalue weighted by atomic mass is 10.3. The van der Waals surface area contributed by atoms with E-state index in [1.54, 1.807) is 0 Å². The van der Waals surface area contributed by atoms with Gasteiger partial charge in [0.25, 0.3) is 0 Å². The van der Waals surface area contributed by atoms with Crippen molar-refractivity contribution < 1.29 is 9.90 Å². The van der Waals surface area contributed by atoms with E-state index in [2.05, 4.69) is 10.2 Å². The minimum Gasteiger partial charge on any atom is -0.478 e. The first-order valence-electron chi connectivity index (χ1n) is 2.84. The van der Waals surface area contributed by atoms with Crippen LogP contribution in [-0.2, 0) is 0 Å². The number of nitrogens with zero attached hydrogens (tertiary/aromatic N) is 2. The maximum atomic E-state index is 10.4. The third-order valence-electron chi connectivity index (χ3n) is 1.09. The molecule has 0 saturated carbocycles. The molecule has 0 aromatic carbocycles. The van der Waals surface area contributed by atoms with Crippen LogP contribution in [0, 0.1) is 0 Å². The van der Waals surface area contributed by atoms with Crippen molar-refractivity contribution in [1.82, 2.24) is 10.2 Å². The predicted octanol–water partition coefficient (Wildman–Crippen LogP) is 0.897. The number of hydrogen-bond donors (Lipinski definition) is 1. The van der Waals surface area contributed by atoms with Gasteiger partial charge in [0.1, 0.15) is 5.03 Å². The summed E-state index contributed by atoms with van der Waals surface area (Å²) in [5.41, 5.74) is 0.171. The van der Waals surface area contributed by atoms with Crippen molar-refractivity contribution in [2.75, 3.05) is 6.26 Å². The fraction of sp³-hybridized carbons (Fsp3) is 0.167. The molecule has 0 bridgehead atoms. The van der Waals surface area contributed by atoms with Gasteiger partial charge in [-0.05, 0) is 12.3 Å². The molecule has 4 nitrogen and oxygen atoms in total. The predicted molar refractivity (Wildman–Crippen MR) is 40.8 cm³/mol. The molecule has 5 heteroatoms. The molecule has 0 unspecified atom stereocenters. The average molecular weight is 170 g/mol. The highest BCUT2D eigenvalue weighted by atomic mass is 32.2. The number of hydrogen-bond acceptors (Lipinski definition) is 4. The first kappa shape index (κ1) is 8.00. The monoisotopic (exact) mass is 170 g/mol. The molecule has 0 fully saturated rings. The second-order valence-corrected chi connectivity index (χ2v) is 2.62. The third-order valence-corrected chi connectivity index (χ3v) is 1.71. The van der Waals surface area contributed by atoms with Gasteiger partial charge in [0.15, 0.2) is 0 Å². The molecule has 11 heavy (non-hydrogen) atoms. The van der Waals surface area contributed by atoms with Gasteiger partial charge in [0.2, 0.25) is 0 Å². The van der Waals surface area contributed by atoms with Crippen molar-refractivity contribution >= 4 is 17.7 Å². The smallest absolute Gasteiger partial charge is 0.337 e. The summed E-state index contributed by atoms with van der Waals surface area (Å²) < 4.78 is 0. The number of aromatic nitrogens is 2. The SMILES string of the molecule is CSc1cc(C(=O)O)cnn1. The molecule has 1 aromatic rings. The molecule has 0 amide bonds. The Morgan fingerprint density at radius 3 is 3.00 bits per heavy atom. The Morgan fingerprint density at radius 2 is 2.45 bits per heavy atom. The fourth-order valence-electron chi connectivity index (χ4n) is 0.564. The lowest BCUT2D eigenvalue weighted by Crippen LogP contribution is -1.98. The number of thioether (sulfide) groups is 1. The fourth-order valence-corrected chi connectivity index (χ4v) is 0.937. The van der Waals surface area contributed by atoms with Gasteiger partial charge >= 0.3 is 5.97 Å². The van der Waals surface area contributed by atoms with Crippen molar-refractivity contribution in [3.63, 3.8) is 0 Å². The maximum Gasteiger partial charge on any atom is 0.337 e. The summed E-state index contributed by atoms with van der Waals surface area (Å²) in [6.45, 7) is 0. The van der Waals surface area contributed by atoms with Crippen LogP contribution in [-0.4, -0.2) is 27.5 Å². The number of carboxylic acid groups (broad SMARTS) is 1. The van der Waals surface area contributed by atoms with Gasteiger partial charge in [0.05, 0.1) is 11.8 Å². The number of rotatable bonds is 2. The number of carbonyl (C=O) groups is 1. The Morgan fingerprint density at radius 1 is 1.73 bits per heavy atom. The summed E-state index contributed by atoms with van der Waals surface area (Å²) in [7, 11) is 0. The van der Waals surface area contributed by atoms with Crippen LogP contribution in [0.1, 0.15) is 10.4 Å². The van der Waals surface area contributed by atoms with Crippen molar-refractivity contribution in [1.29, 1.82) is 0 Å². The molecule has 0 aliphatic carbocycles. The van der Waals surface area contributed by atoms with Crippen LogP contribution in [0.4, 0.5) is 0 Å². The highest BCUT2D eigenvalue weighted by Gasteiger charge is 2.03. The zero-order valence-electron chi connectivity index (χ0n) is 5.81. The van der Waals surface area contributed by atoms with Crippen LogP contribution < -0.4 is 0 Å². The van der Waals surface area contributed by atoms with Crippen LogP contribution in [0.3, 0.4) is 0 Å². The Kier molecular flexibility index (Phi) is 2.43. The molecule has 0 spiro atoms. The summed E-state index contributed by atoms with van der Waals surface area (Å²) in [6.07, 6.45) is 3.04. The molecule has 1 rings (SSSR count). The maximum absolute atomic E-state index is 10.4. The molecule has 0 aliphatic heterocycles. The molecule has 0 atom stereocenters. The largest absolute Gasteiger partial charge is 0.478 e. The second-order valence-electron chi connectivity index (χ2n) is 1.79. The van der Waals surface area contributed by atoms with Gasteiger partial charge in [-0.2, -0.15) is 5.10 Å². The standard InChI is InChI=1S/C6H6N2O2S/c1-11-5-2-4(6(9)10)3-7-8-5/h2-3H,1H3,(H,9,10). The molecular formula is C6H6N2O2S. The van der Waals surface area contributed by atoms with Crippen LogP contribution in [0.2, 0.25) is 0 Å². The number of carboxylic acids is 1. The first-order chi connectivity index (χ1) is 5.24. The molecule has 1 aromatic heterocycles. The molecule has 0 radical (unpaired) electrons. The van der Waals surface area contributed by atoms with Gasteiger partial charge in [-0.1, -0.05) is 0 Å². The average Bonchev–Trinajstić information content (AvgIpc) is 2.05. The van der Waals surface area contributed by atoms with Gasteiger partial charge < -0.3 is 5.11 Å². The van der Waals surface area contributed by atoms with E-state index in [9.17, 15) is 4.79 Å².